The van der Waals surface area contributed by atoms with Crippen LogP contribution in [0.4, 0.5) is 5.69 Å². The molecule has 1 heterocycles. The fraction of sp³-hybridized carbons (Fsp3) is 0.407. The van der Waals surface area contributed by atoms with E-state index in [1.165, 1.54) is 4.90 Å². The van der Waals surface area contributed by atoms with Crippen molar-refractivity contribution >= 4 is 52.7 Å². The van der Waals surface area contributed by atoms with Gasteiger partial charge in [-0.15, -0.1) is 0 Å². The highest BCUT2D eigenvalue weighted by Crippen LogP contribution is 2.32. The average molecular weight is 955 g/mol. The molecule has 1 fully saturated rings. The van der Waals surface area contributed by atoms with E-state index in [-0.39, 0.29) is 48.7 Å². The molecule has 16 heteroatoms. The second-order valence-corrected chi connectivity index (χ2v) is 18.6. The SMILES string of the molecule is CCC(C)[C@H](NC(=O)[C@H](Cc1ccccc1)NC(=O)[C@@H](N)CC(C)C)C(=O)NCC(=O)N[C@@H](Cc1ccccc1)C(=O)N1CCC[C@@H]1C(=O)NCCCNc1cccc2c1C(=O)c1ccccc1C2=O. The minimum absolute atomic E-state index is 0.125. The molecule has 1 unspecified atom stereocenters. The fourth-order valence-electron chi connectivity index (χ4n) is 8.92. The topological polar surface area (TPSA) is 238 Å². The Balaban J connectivity index is 1.05. The molecule has 6 rings (SSSR count). The van der Waals surface area contributed by atoms with Crippen LogP contribution in [-0.4, -0.2) is 108 Å². The third-order valence-corrected chi connectivity index (χ3v) is 12.9. The number of carbonyl (C=O) groups is 8. The summed E-state index contributed by atoms with van der Waals surface area (Å²) < 4.78 is 0. The molecule has 0 saturated carbocycles. The van der Waals surface area contributed by atoms with Gasteiger partial charge >= 0.3 is 0 Å². The van der Waals surface area contributed by atoms with Gasteiger partial charge < -0.3 is 42.5 Å². The van der Waals surface area contributed by atoms with Crippen molar-refractivity contribution in [1.29, 1.82) is 0 Å². The molecule has 370 valence electrons. The van der Waals surface area contributed by atoms with Gasteiger partial charge in [-0.05, 0) is 54.7 Å². The number of benzene rings is 4. The molecule has 6 atom stereocenters. The number of anilines is 1. The minimum atomic E-state index is -1.07. The predicted molar refractivity (Wildman–Crippen MR) is 267 cm³/mol. The maximum absolute atomic E-state index is 14.3. The van der Waals surface area contributed by atoms with Crippen LogP contribution in [0.2, 0.25) is 0 Å². The Morgan fingerprint density at radius 1 is 0.671 bits per heavy atom. The Kier molecular flexibility index (Phi) is 18.6. The van der Waals surface area contributed by atoms with E-state index >= 15 is 0 Å². The Morgan fingerprint density at radius 2 is 1.29 bits per heavy atom. The molecule has 2 aliphatic rings. The fourth-order valence-corrected chi connectivity index (χ4v) is 8.92. The smallest absolute Gasteiger partial charge is 0.246 e. The van der Waals surface area contributed by atoms with Crippen molar-refractivity contribution in [1.82, 2.24) is 31.5 Å². The number of likely N-dealkylation sites (tertiary alicyclic amines) is 1. The van der Waals surface area contributed by atoms with Crippen molar-refractivity contribution in [2.75, 3.05) is 31.5 Å². The Morgan fingerprint density at radius 3 is 1.93 bits per heavy atom. The molecule has 4 aromatic rings. The summed E-state index contributed by atoms with van der Waals surface area (Å²) in [5.41, 5.74) is 9.67. The molecule has 1 saturated heterocycles. The lowest BCUT2D eigenvalue weighted by Crippen LogP contribution is -2.59. The first-order valence-electron chi connectivity index (χ1n) is 24.3. The first kappa shape index (κ1) is 52.2. The molecule has 16 nitrogen and oxygen atoms in total. The summed E-state index contributed by atoms with van der Waals surface area (Å²) in [7, 11) is 0. The van der Waals surface area contributed by atoms with Gasteiger partial charge in [-0.3, -0.25) is 38.4 Å². The van der Waals surface area contributed by atoms with E-state index < -0.39 is 66.3 Å². The van der Waals surface area contributed by atoms with Crippen LogP contribution in [0.1, 0.15) is 103 Å². The van der Waals surface area contributed by atoms with Gasteiger partial charge in [0.25, 0.3) is 0 Å². The number of carbonyl (C=O) groups excluding carboxylic acids is 8. The molecule has 0 spiro atoms. The number of nitrogens with one attached hydrogen (secondary N) is 6. The number of hydrogen-bond donors (Lipinski definition) is 7. The molecular formula is C54H66N8O8. The largest absolute Gasteiger partial charge is 0.384 e. The molecule has 0 aromatic heterocycles. The molecule has 4 aromatic carbocycles. The monoisotopic (exact) mass is 955 g/mol. The predicted octanol–water partition coefficient (Wildman–Crippen LogP) is 3.85. The van der Waals surface area contributed by atoms with E-state index in [4.69, 9.17) is 5.73 Å². The molecular weight excluding hydrogens is 889 g/mol. The number of nitrogens with zero attached hydrogens (tertiary/aromatic N) is 1. The third kappa shape index (κ3) is 13.5. The van der Waals surface area contributed by atoms with Crippen LogP contribution < -0.4 is 37.6 Å². The standard InChI is InChI=1S/C54H66N8O8/c1-5-34(4)47(61-51(67)42(30-35-17-8-6-9-18-35)60-50(66)40(55)29-33(2)3)53(69)58-32-45(63)59-43(31-36-19-10-7-11-20-36)54(70)62-28-15-25-44(62)52(68)57-27-16-26-56-41-24-14-23-39-46(41)49(65)38-22-13-12-21-37(38)48(39)64/h6-14,17-24,33-34,40,42-44,47,56H,5,15-16,25-32,55H2,1-4H3,(H,57,68)(H,58,69)(H,59,63)(H,60,66)(H,61,67)/t34?,40-,42-,43-,44+,47-/m0/s1. The zero-order chi connectivity index (χ0) is 50.3. The Hall–Kier alpha value is -7.20. The van der Waals surface area contributed by atoms with Gasteiger partial charge in [-0.25, -0.2) is 0 Å². The number of nitrogens with two attached hydrogens (primary N) is 1. The van der Waals surface area contributed by atoms with Gasteiger partial charge in [-0.2, -0.15) is 0 Å². The highest BCUT2D eigenvalue weighted by atomic mass is 16.2. The van der Waals surface area contributed by atoms with Crippen LogP contribution in [0.3, 0.4) is 0 Å². The summed E-state index contributed by atoms with van der Waals surface area (Å²) in [6, 6.07) is 25.4. The van der Waals surface area contributed by atoms with E-state index in [0.29, 0.717) is 73.1 Å². The lowest BCUT2D eigenvalue weighted by Gasteiger charge is -2.29. The highest BCUT2D eigenvalue weighted by Gasteiger charge is 2.38. The first-order chi connectivity index (χ1) is 33.7. The molecule has 1 aliphatic carbocycles. The van der Waals surface area contributed by atoms with Crippen molar-refractivity contribution < 1.29 is 38.4 Å². The number of fused-ring (bicyclic) bond motifs is 2. The van der Waals surface area contributed by atoms with Crippen molar-refractivity contribution in [2.45, 2.75) is 103 Å². The zero-order valence-corrected chi connectivity index (χ0v) is 40.4. The van der Waals surface area contributed by atoms with Gasteiger partial charge in [0.15, 0.2) is 11.6 Å². The highest BCUT2D eigenvalue weighted by molar-refractivity contribution is 6.30. The van der Waals surface area contributed by atoms with Gasteiger partial charge in [0.1, 0.15) is 24.2 Å². The summed E-state index contributed by atoms with van der Waals surface area (Å²) in [5, 5.41) is 17.3. The van der Waals surface area contributed by atoms with Crippen molar-refractivity contribution in [3.63, 3.8) is 0 Å². The van der Waals surface area contributed by atoms with E-state index in [1.54, 1.807) is 49.4 Å². The summed E-state index contributed by atoms with van der Waals surface area (Å²) in [6.45, 7) is 8.01. The van der Waals surface area contributed by atoms with E-state index in [1.807, 2.05) is 81.4 Å². The molecule has 1 aliphatic heterocycles. The van der Waals surface area contributed by atoms with Crippen LogP contribution in [-0.2, 0) is 41.6 Å². The second-order valence-electron chi connectivity index (χ2n) is 18.6. The maximum atomic E-state index is 14.3. The number of amides is 6. The van der Waals surface area contributed by atoms with Crippen molar-refractivity contribution in [2.24, 2.45) is 17.6 Å². The maximum Gasteiger partial charge on any atom is 0.246 e. The second kappa shape index (κ2) is 24.9. The normalized spacial score (nSPS) is 16.1. The molecule has 0 bridgehead atoms. The van der Waals surface area contributed by atoms with Gasteiger partial charge in [0.2, 0.25) is 35.4 Å². The van der Waals surface area contributed by atoms with E-state index in [9.17, 15) is 38.4 Å². The average Bonchev–Trinajstić information content (AvgIpc) is 3.86. The van der Waals surface area contributed by atoms with Crippen molar-refractivity contribution in [3.05, 3.63) is 137 Å². The van der Waals surface area contributed by atoms with Crippen LogP contribution >= 0.6 is 0 Å². The minimum Gasteiger partial charge on any atom is -0.384 e. The summed E-state index contributed by atoms with van der Waals surface area (Å²) in [6.07, 6.45) is 2.68. The lowest BCUT2D eigenvalue weighted by atomic mass is 9.83. The van der Waals surface area contributed by atoms with Crippen LogP contribution in [0.5, 0.6) is 0 Å². The van der Waals surface area contributed by atoms with E-state index in [0.717, 1.165) is 11.1 Å². The van der Waals surface area contributed by atoms with Crippen LogP contribution in [0.25, 0.3) is 0 Å². The van der Waals surface area contributed by atoms with Crippen LogP contribution in [0.15, 0.2) is 103 Å². The Bertz CT molecular complexity index is 2520. The van der Waals surface area contributed by atoms with Gasteiger partial charge in [-0.1, -0.05) is 131 Å². The lowest BCUT2D eigenvalue weighted by molar-refractivity contribution is -0.141. The van der Waals surface area contributed by atoms with Gasteiger partial charge in [0, 0.05) is 54.9 Å². The quantitative estimate of drug-likeness (QED) is 0.0467. The molecule has 0 radical (unpaired) electrons. The summed E-state index contributed by atoms with van der Waals surface area (Å²) in [5.74, 6) is -3.76. The Labute approximate surface area is 409 Å². The van der Waals surface area contributed by atoms with Crippen LogP contribution in [0, 0.1) is 11.8 Å². The first-order valence-corrected chi connectivity index (χ1v) is 24.3. The molecule has 8 N–H and O–H groups in total. The third-order valence-electron chi connectivity index (χ3n) is 12.9. The van der Waals surface area contributed by atoms with Gasteiger partial charge in [0.05, 0.1) is 18.2 Å². The molecule has 70 heavy (non-hydrogen) atoms. The number of hydrogen-bond acceptors (Lipinski definition) is 10. The summed E-state index contributed by atoms with van der Waals surface area (Å²) in [4.78, 5) is 111. The summed E-state index contributed by atoms with van der Waals surface area (Å²) >= 11 is 0. The number of ketones is 2. The number of rotatable bonds is 23. The van der Waals surface area contributed by atoms with Crippen molar-refractivity contribution in [3.8, 4) is 0 Å². The zero-order valence-electron chi connectivity index (χ0n) is 40.4. The van der Waals surface area contributed by atoms with E-state index in [2.05, 4.69) is 31.9 Å². The molecule has 6 amide bonds.